The van der Waals surface area contributed by atoms with E-state index in [-0.39, 0.29) is 11.8 Å². The number of fused-ring (bicyclic) bond motifs is 1. The molecule has 1 N–H and O–H groups in total. The second kappa shape index (κ2) is 6.94. The van der Waals surface area contributed by atoms with Crippen molar-refractivity contribution in [2.75, 3.05) is 6.61 Å². The van der Waals surface area contributed by atoms with Gasteiger partial charge in [-0.1, -0.05) is 30.3 Å². The molecule has 0 saturated heterocycles. The van der Waals surface area contributed by atoms with E-state index in [1.165, 1.54) is 11.3 Å². The first-order valence-corrected chi connectivity index (χ1v) is 8.83. The summed E-state index contributed by atoms with van der Waals surface area (Å²) in [6.07, 6.45) is 0. The summed E-state index contributed by atoms with van der Waals surface area (Å²) in [6, 6.07) is 17.3. The Morgan fingerprint density at radius 1 is 1.16 bits per heavy atom. The smallest absolute Gasteiger partial charge is 0.232 e. The lowest BCUT2D eigenvalue weighted by atomic mass is 10.1. The maximum atomic E-state index is 12.4. The van der Waals surface area contributed by atoms with Crippen LogP contribution in [0.5, 0.6) is 17.4 Å². The molecule has 1 aliphatic heterocycles. The van der Waals surface area contributed by atoms with Gasteiger partial charge in [0.05, 0.1) is 10.4 Å². The molecule has 0 saturated carbocycles. The molecule has 0 radical (unpaired) electrons. The van der Waals surface area contributed by atoms with Gasteiger partial charge in [0.15, 0.2) is 0 Å². The minimum absolute atomic E-state index is 0.0346. The number of hydrogen-bond acceptors (Lipinski definition) is 5. The topological polar surface area (TPSA) is 60.5 Å². The lowest BCUT2D eigenvalue weighted by Gasteiger charge is -2.10. The van der Waals surface area contributed by atoms with Gasteiger partial charge < -0.3 is 14.8 Å². The van der Waals surface area contributed by atoms with Crippen LogP contribution in [0.3, 0.4) is 0 Å². The molecule has 6 heteroatoms. The Hall–Kier alpha value is -2.86. The molecule has 2 aromatic carbocycles. The average molecular weight is 352 g/mol. The quantitative estimate of drug-likeness (QED) is 0.760. The summed E-state index contributed by atoms with van der Waals surface area (Å²) in [4.78, 5) is 17.4. The van der Waals surface area contributed by atoms with Crippen LogP contribution in [0.25, 0.3) is 0 Å². The molecule has 4 rings (SSSR count). The van der Waals surface area contributed by atoms with Crippen molar-refractivity contribution in [2.24, 2.45) is 0 Å². The molecule has 0 aliphatic carbocycles. The van der Waals surface area contributed by atoms with Crippen LogP contribution >= 0.6 is 11.3 Å². The van der Waals surface area contributed by atoms with Gasteiger partial charge >= 0.3 is 0 Å². The predicted molar refractivity (Wildman–Crippen MR) is 95.2 cm³/mol. The zero-order valence-electron chi connectivity index (χ0n) is 13.3. The zero-order valence-corrected chi connectivity index (χ0v) is 14.2. The standard InChI is InChI=1S/C19H16N2O3S/c22-18(16-11-23-19-17(16)25-12-21-19)20-10-13-6-8-15(9-7-13)24-14-4-2-1-3-5-14/h1-9,12,16H,10-11H2,(H,20,22). The molecule has 0 bridgehead atoms. The van der Waals surface area contributed by atoms with E-state index in [0.717, 1.165) is 21.9 Å². The number of thiazole rings is 1. The van der Waals surface area contributed by atoms with Gasteiger partial charge in [0, 0.05) is 6.54 Å². The molecule has 1 unspecified atom stereocenters. The average Bonchev–Trinajstić information content (AvgIpc) is 3.25. The predicted octanol–water partition coefficient (Wildman–Crippen LogP) is 3.73. The van der Waals surface area contributed by atoms with Gasteiger partial charge in [-0.2, -0.15) is 0 Å². The molecule has 25 heavy (non-hydrogen) atoms. The molecule has 0 fully saturated rings. The second-order valence-corrected chi connectivity index (χ2v) is 6.55. The summed E-state index contributed by atoms with van der Waals surface area (Å²) < 4.78 is 11.2. The number of carbonyl (C=O) groups is 1. The van der Waals surface area contributed by atoms with E-state index in [1.807, 2.05) is 54.6 Å². The number of para-hydroxylation sites is 1. The Morgan fingerprint density at radius 2 is 1.92 bits per heavy atom. The van der Waals surface area contributed by atoms with Crippen molar-refractivity contribution < 1.29 is 14.3 Å². The number of hydrogen-bond donors (Lipinski definition) is 1. The molecule has 1 aliphatic rings. The van der Waals surface area contributed by atoms with Gasteiger partial charge in [0.1, 0.15) is 24.0 Å². The highest BCUT2D eigenvalue weighted by Crippen LogP contribution is 2.36. The Morgan fingerprint density at radius 3 is 2.72 bits per heavy atom. The maximum Gasteiger partial charge on any atom is 0.232 e. The van der Waals surface area contributed by atoms with Crippen molar-refractivity contribution in [1.82, 2.24) is 10.3 Å². The Bertz CT molecular complexity index is 862. The first-order chi connectivity index (χ1) is 12.3. The van der Waals surface area contributed by atoms with Gasteiger partial charge in [-0.15, -0.1) is 11.3 Å². The SMILES string of the molecule is O=C(NCc1ccc(Oc2ccccc2)cc1)C1COc2ncsc21. The van der Waals surface area contributed by atoms with Crippen LogP contribution in [0.1, 0.15) is 16.4 Å². The van der Waals surface area contributed by atoms with E-state index in [4.69, 9.17) is 9.47 Å². The summed E-state index contributed by atoms with van der Waals surface area (Å²) in [5.74, 6) is 1.85. The van der Waals surface area contributed by atoms with E-state index in [1.54, 1.807) is 5.51 Å². The summed E-state index contributed by atoms with van der Waals surface area (Å²) in [7, 11) is 0. The first kappa shape index (κ1) is 15.7. The highest BCUT2D eigenvalue weighted by molar-refractivity contribution is 7.10. The van der Waals surface area contributed by atoms with Crippen LogP contribution in [0.2, 0.25) is 0 Å². The fourth-order valence-electron chi connectivity index (χ4n) is 2.63. The molecular weight excluding hydrogens is 336 g/mol. The Kier molecular flexibility index (Phi) is 4.35. The van der Waals surface area contributed by atoms with Crippen molar-refractivity contribution in [1.29, 1.82) is 0 Å². The normalized spacial score (nSPS) is 15.3. The van der Waals surface area contributed by atoms with Crippen molar-refractivity contribution in [3.8, 4) is 17.4 Å². The number of aromatic nitrogens is 1. The number of benzene rings is 2. The fraction of sp³-hybridized carbons (Fsp3) is 0.158. The van der Waals surface area contributed by atoms with Gasteiger partial charge in [-0.3, -0.25) is 4.79 Å². The molecule has 126 valence electrons. The van der Waals surface area contributed by atoms with Gasteiger partial charge in [-0.25, -0.2) is 4.98 Å². The van der Waals surface area contributed by atoms with Crippen molar-refractivity contribution in [2.45, 2.75) is 12.5 Å². The van der Waals surface area contributed by atoms with E-state index in [2.05, 4.69) is 10.3 Å². The van der Waals surface area contributed by atoms with E-state index in [9.17, 15) is 4.79 Å². The largest absolute Gasteiger partial charge is 0.476 e. The lowest BCUT2D eigenvalue weighted by molar-refractivity contribution is -0.122. The summed E-state index contributed by atoms with van der Waals surface area (Å²) in [5.41, 5.74) is 2.72. The minimum Gasteiger partial charge on any atom is -0.476 e. The zero-order chi connectivity index (χ0) is 17.1. The number of ether oxygens (including phenoxy) is 2. The van der Waals surface area contributed by atoms with Crippen LogP contribution in [-0.4, -0.2) is 17.5 Å². The van der Waals surface area contributed by atoms with Crippen LogP contribution in [-0.2, 0) is 11.3 Å². The van der Waals surface area contributed by atoms with Crippen LogP contribution in [0, 0.1) is 0 Å². The summed E-state index contributed by atoms with van der Waals surface area (Å²) in [5, 5.41) is 2.96. The highest BCUT2D eigenvalue weighted by Gasteiger charge is 2.32. The van der Waals surface area contributed by atoms with Gasteiger partial charge in [0.2, 0.25) is 11.8 Å². The van der Waals surface area contributed by atoms with Crippen molar-refractivity contribution in [3.05, 3.63) is 70.5 Å². The number of carbonyl (C=O) groups excluding carboxylic acids is 1. The second-order valence-electron chi connectivity index (χ2n) is 5.66. The molecule has 0 spiro atoms. The highest BCUT2D eigenvalue weighted by atomic mass is 32.1. The van der Waals surface area contributed by atoms with Crippen molar-refractivity contribution in [3.63, 3.8) is 0 Å². The number of nitrogens with zero attached hydrogens (tertiary/aromatic N) is 1. The van der Waals surface area contributed by atoms with Crippen LogP contribution in [0.4, 0.5) is 0 Å². The number of nitrogens with one attached hydrogen (secondary N) is 1. The third-order valence-electron chi connectivity index (χ3n) is 3.95. The Balaban J connectivity index is 1.33. The maximum absolute atomic E-state index is 12.4. The summed E-state index contributed by atoms with van der Waals surface area (Å²) >= 11 is 1.46. The summed E-state index contributed by atoms with van der Waals surface area (Å²) in [6.45, 7) is 0.833. The molecular formula is C19H16N2O3S. The van der Waals surface area contributed by atoms with Crippen LogP contribution in [0.15, 0.2) is 60.1 Å². The third kappa shape index (κ3) is 3.49. The van der Waals surface area contributed by atoms with Gasteiger partial charge in [0.25, 0.3) is 0 Å². The molecule has 1 aromatic heterocycles. The van der Waals surface area contributed by atoms with E-state index >= 15 is 0 Å². The monoisotopic (exact) mass is 352 g/mol. The van der Waals surface area contributed by atoms with Crippen LogP contribution < -0.4 is 14.8 Å². The lowest BCUT2D eigenvalue weighted by Crippen LogP contribution is -2.29. The number of rotatable bonds is 5. The number of amides is 1. The first-order valence-electron chi connectivity index (χ1n) is 7.95. The minimum atomic E-state index is -0.261. The third-order valence-corrected chi connectivity index (χ3v) is 4.87. The van der Waals surface area contributed by atoms with Crippen molar-refractivity contribution >= 4 is 17.2 Å². The molecule has 3 aromatic rings. The van der Waals surface area contributed by atoms with Gasteiger partial charge in [-0.05, 0) is 29.8 Å². The van der Waals surface area contributed by atoms with E-state index in [0.29, 0.717) is 19.0 Å². The molecule has 5 nitrogen and oxygen atoms in total. The molecule has 1 amide bonds. The fourth-order valence-corrected chi connectivity index (χ4v) is 3.44. The Labute approximate surface area is 149 Å². The molecule has 2 heterocycles. The van der Waals surface area contributed by atoms with E-state index < -0.39 is 0 Å². The molecule has 1 atom stereocenters.